The summed E-state index contributed by atoms with van der Waals surface area (Å²) in [6, 6.07) is 0. The Morgan fingerprint density at radius 2 is 1.36 bits per heavy atom. The van der Waals surface area contributed by atoms with Gasteiger partial charge < -0.3 is 29.9 Å². The van der Waals surface area contributed by atoms with Crippen LogP contribution in [0.1, 0.15) is 96.8 Å². The lowest BCUT2D eigenvalue weighted by Crippen LogP contribution is -2.41. The van der Waals surface area contributed by atoms with E-state index in [2.05, 4.69) is 19.1 Å². The van der Waals surface area contributed by atoms with E-state index in [-0.39, 0.29) is 25.8 Å². The molecule has 0 bridgehead atoms. The molecule has 1 unspecified atom stereocenters. The normalized spacial score (nSPS) is 13.0. The van der Waals surface area contributed by atoms with Crippen molar-refractivity contribution in [2.45, 2.75) is 103 Å². The molecule has 33 heavy (non-hydrogen) atoms. The molecule has 0 saturated carbocycles. The maximum atomic E-state index is 12.0. The van der Waals surface area contributed by atoms with Gasteiger partial charge in [-0.1, -0.05) is 70.4 Å². The Balaban J connectivity index is 3.71. The van der Waals surface area contributed by atoms with Crippen molar-refractivity contribution in [1.82, 2.24) is 0 Å². The van der Waals surface area contributed by atoms with E-state index < -0.39 is 31.3 Å². The van der Waals surface area contributed by atoms with Crippen molar-refractivity contribution in [3.05, 3.63) is 12.2 Å². The van der Waals surface area contributed by atoms with Gasteiger partial charge in [0.2, 0.25) is 0 Å². The second kappa shape index (κ2) is 22.8. The van der Waals surface area contributed by atoms with Gasteiger partial charge in [-0.2, -0.15) is 0 Å². The zero-order valence-corrected chi connectivity index (χ0v) is 20.9. The van der Waals surface area contributed by atoms with Crippen molar-refractivity contribution >= 4 is 5.97 Å². The number of carbonyl (C=O) groups is 1. The summed E-state index contributed by atoms with van der Waals surface area (Å²) in [6.07, 6.45) is 19.4. The molecule has 0 aliphatic rings. The summed E-state index contributed by atoms with van der Waals surface area (Å²) in [5.41, 5.74) is -1.12. The van der Waals surface area contributed by atoms with E-state index in [1.807, 2.05) is 0 Å². The van der Waals surface area contributed by atoms with Crippen LogP contribution in [0, 0.1) is 5.41 Å². The lowest BCUT2D eigenvalue weighted by Gasteiger charge is -2.29. The number of hydrogen-bond acceptors (Lipinski definition) is 7. The molecule has 196 valence electrons. The Bertz CT molecular complexity index is 464. The number of aliphatic hydroxyl groups excluding tert-OH is 4. The number of rotatable bonds is 24. The first kappa shape index (κ1) is 32.0. The third-order valence-corrected chi connectivity index (χ3v) is 5.78. The molecule has 7 heteroatoms. The largest absolute Gasteiger partial charge is 0.465 e. The molecule has 0 aromatic heterocycles. The van der Waals surface area contributed by atoms with Gasteiger partial charge in [0, 0.05) is 6.42 Å². The number of allylic oxidation sites excluding steroid dienone is 2. The van der Waals surface area contributed by atoms with Gasteiger partial charge in [-0.05, 0) is 32.1 Å². The maximum absolute atomic E-state index is 12.0. The van der Waals surface area contributed by atoms with Crippen LogP contribution in [0.3, 0.4) is 0 Å². The van der Waals surface area contributed by atoms with Crippen LogP contribution in [-0.4, -0.2) is 72.1 Å². The van der Waals surface area contributed by atoms with Gasteiger partial charge >= 0.3 is 5.97 Å². The molecule has 0 spiro atoms. The molecule has 0 saturated heterocycles. The minimum Gasteiger partial charge on any atom is -0.465 e. The van der Waals surface area contributed by atoms with E-state index in [0.29, 0.717) is 6.42 Å². The van der Waals surface area contributed by atoms with E-state index in [0.717, 1.165) is 32.1 Å². The maximum Gasteiger partial charge on any atom is 0.305 e. The number of esters is 1. The van der Waals surface area contributed by atoms with Crippen molar-refractivity contribution in [3.8, 4) is 0 Å². The second-order valence-electron chi connectivity index (χ2n) is 9.16. The van der Waals surface area contributed by atoms with Crippen molar-refractivity contribution in [2.75, 3.05) is 39.6 Å². The summed E-state index contributed by atoms with van der Waals surface area (Å²) in [5.74, 6) is -0.353. The summed E-state index contributed by atoms with van der Waals surface area (Å²) in [4.78, 5) is 12.0. The van der Waals surface area contributed by atoms with E-state index >= 15 is 0 Å². The lowest BCUT2D eigenvalue weighted by molar-refractivity contribution is -0.153. The van der Waals surface area contributed by atoms with E-state index in [1.54, 1.807) is 0 Å². The molecule has 0 aliphatic carbocycles. The lowest BCUT2D eigenvalue weighted by atomic mass is 9.92. The van der Waals surface area contributed by atoms with Crippen LogP contribution in [0.25, 0.3) is 0 Å². The number of aliphatic hydroxyl groups is 4. The van der Waals surface area contributed by atoms with E-state index in [9.17, 15) is 20.1 Å². The van der Waals surface area contributed by atoms with Gasteiger partial charge in [0.05, 0.1) is 38.4 Å². The molecular formula is C26H50O7. The average molecular weight is 475 g/mol. The van der Waals surface area contributed by atoms with Crippen LogP contribution in [0.2, 0.25) is 0 Å². The van der Waals surface area contributed by atoms with Gasteiger partial charge in [0.25, 0.3) is 0 Å². The van der Waals surface area contributed by atoms with Crippen LogP contribution < -0.4 is 0 Å². The van der Waals surface area contributed by atoms with Crippen LogP contribution in [0.5, 0.6) is 0 Å². The number of carbonyl (C=O) groups excluding carboxylic acids is 1. The second-order valence-corrected chi connectivity index (χ2v) is 9.16. The first-order chi connectivity index (χ1) is 16.0. The molecule has 0 rings (SSSR count). The Labute approximate surface area is 201 Å². The van der Waals surface area contributed by atoms with Crippen molar-refractivity contribution in [1.29, 1.82) is 0 Å². The van der Waals surface area contributed by atoms with Gasteiger partial charge in [-0.25, -0.2) is 0 Å². The molecule has 7 nitrogen and oxygen atoms in total. The van der Waals surface area contributed by atoms with Gasteiger partial charge in [0.1, 0.15) is 12.7 Å². The highest BCUT2D eigenvalue weighted by molar-refractivity contribution is 5.69. The highest BCUT2D eigenvalue weighted by Crippen LogP contribution is 2.18. The summed E-state index contributed by atoms with van der Waals surface area (Å²) in [7, 11) is 0. The van der Waals surface area contributed by atoms with Gasteiger partial charge in [-0.15, -0.1) is 0 Å². The fourth-order valence-electron chi connectivity index (χ4n) is 3.38. The Hall–Kier alpha value is -0.990. The molecule has 1 atom stereocenters. The zero-order valence-electron chi connectivity index (χ0n) is 20.9. The number of ether oxygens (including phenoxy) is 2. The molecule has 0 amide bonds. The predicted octanol–water partition coefficient (Wildman–Crippen LogP) is 3.91. The molecule has 4 N–H and O–H groups in total. The Morgan fingerprint density at radius 1 is 0.818 bits per heavy atom. The topological polar surface area (TPSA) is 116 Å². The highest BCUT2D eigenvalue weighted by atomic mass is 16.5. The molecule has 0 heterocycles. The summed E-state index contributed by atoms with van der Waals surface area (Å²) < 4.78 is 10.5. The molecule has 0 fully saturated rings. The average Bonchev–Trinajstić information content (AvgIpc) is 2.83. The molecule has 0 aromatic rings. The minimum atomic E-state index is -1.12. The van der Waals surface area contributed by atoms with E-state index in [4.69, 9.17) is 14.6 Å². The zero-order chi connectivity index (χ0) is 24.6. The van der Waals surface area contributed by atoms with Crippen LogP contribution >= 0.6 is 0 Å². The van der Waals surface area contributed by atoms with Gasteiger partial charge in [0.15, 0.2) is 0 Å². The SMILES string of the molecule is CCCCCCCCC=CCCCCCCCC(=O)OCC(CO)(CO)COCC(O)CO. The smallest absolute Gasteiger partial charge is 0.305 e. The summed E-state index contributed by atoms with van der Waals surface area (Å²) >= 11 is 0. The van der Waals surface area contributed by atoms with Crippen molar-refractivity contribution in [3.63, 3.8) is 0 Å². The fraction of sp³-hybridized carbons (Fsp3) is 0.885. The van der Waals surface area contributed by atoms with Gasteiger partial charge in [-0.3, -0.25) is 4.79 Å². The highest BCUT2D eigenvalue weighted by Gasteiger charge is 2.31. The first-order valence-corrected chi connectivity index (χ1v) is 12.9. The third-order valence-electron chi connectivity index (χ3n) is 5.78. The molecule has 0 radical (unpaired) electrons. The standard InChI is InChI=1S/C26H50O7/c1-2-3-4-5-6-7-8-9-10-11-12-13-14-15-16-17-25(31)33-23-26(20-28,21-29)22-32-19-24(30)18-27/h9-10,24,27-30H,2-8,11-23H2,1H3. The summed E-state index contributed by atoms with van der Waals surface area (Å²) in [5, 5.41) is 37.2. The number of hydrogen-bond donors (Lipinski definition) is 4. The molecule has 0 aromatic carbocycles. The third kappa shape index (κ3) is 19.1. The number of unbranched alkanes of at least 4 members (excludes halogenated alkanes) is 11. The molecular weight excluding hydrogens is 424 g/mol. The van der Waals surface area contributed by atoms with Crippen LogP contribution in [-0.2, 0) is 14.3 Å². The minimum absolute atomic E-state index is 0.0856. The van der Waals surface area contributed by atoms with E-state index in [1.165, 1.54) is 51.4 Å². The van der Waals surface area contributed by atoms with Crippen LogP contribution in [0.4, 0.5) is 0 Å². The fourth-order valence-corrected chi connectivity index (χ4v) is 3.38. The van der Waals surface area contributed by atoms with Crippen molar-refractivity contribution < 1.29 is 34.7 Å². The van der Waals surface area contributed by atoms with Crippen molar-refractivity contribution in [2.24, 2.45) is 5.41 Å². The summed E-state index contributed by atoms with van der Waals surface area (Å²) in [6.45, 7) is 0.613. The molecule has 0 aliphatic heterocycles. The predicted molar refractivity (Wildman–Crippen MR) is 131 cm³/mol. The monoisotopic (exact) mass is 474 g/mol. The Morgan fingerprint density at radius 3 is 1.91 bits per heavy atom. The van der Waals surface area contributed by atoms with Crippen LogP contribution in [0.15, 0.2) is 12.2 Å². The first-order valence-electron chi connectivity index (χ1n) is 12.9. The quantitative estimate of drug-likeness (QED) is 0.0952. The Kier molecular flexibility index (Phi) is 22.1.